The van der Waals surface area contributed by atoms with Gasteiger partial charge in [0.25, 0.3) is 0 Å². The number of amides is 1. The lowest BCUT2D eigenvalue weighted by Gasteiger charge is -2.30. The number of hydrogen-bond acceptors (Lipinski definition) is 1. The van der Waals surface area contributed by atoms with Crippen LogP contribution in [0.2, 0.25) is 0 Å². The largest absolute Gasteiger partial charge is 0.465 e. The molecule has 0 bridgehead atoms. The summed E-state index contributed by atoms with van der Waals surface area (Å²) in [5.74, 6) is 0.529. The molecule has 0 atom stereocenters. The van der Waals surface area contributed by atoms with Crippen LogP contribution in [-0.2, 0) is 0 Å². The van der Waals surface area contributed by atoms with Gasteiger partial charge in [0.2, 0.25) is 0 Å². The lowest BCUT2D eigenvalue weighted by atomic mass is 9.90. The highest BCUT2D eigenvalue weighted by molar-refractivity contribution is 5.65. The Bertz CT molecular complexity index is 329. The lowest BCUT2D eigenvalue weighted by Crippen LogP contribution is -2.36. The molecule has 1 aliphatic heterocycles. The van der Waals surface area contributed by atoms with Crippen molar-refractivity contribution in [3.8, 4) is 0 Å². The minimum Gasteiger partial charge on any atom is -0.465 e. The van der Waals surface area contributed by atoms with Crippen LogP contribution in [0, 0.1) is 0 Å². The van der Waals surface area contributed by atoms with Crippen molar-refractivity contribution in [2.45, 2.75) is 18.8 Å². The zero-order chi connectivity index (χ0) is 10.7. The third kappa shape index (κ3) is 2.29. The van der Waals surface area contributed by atoms with Gasteiger partial charge in [0.1, 0.15) is 0 Å². The number of benzene rings is 1. The first-order chi connectivity index (χ1) is 7.27. The third-order valence-corrected chi connectivity index (χ3v) is 3.04. The maximum atomic E-state index is 10.7. The molecule has 15 heavy (non-hydrogen) atoms. The van der Waals surface area contributed by atoms with Crippen LogP contribution in [0.5, 0.6) is 0 Å². The zero-order valence-corrected chi connectivity index (χ0v) is 8.60. The van der Waals surface area contributed by atoms with Gasteiger partial charge >= 0.3 is 6.09 Å². The summed E-state index contributed by atoms with van der Waals surface area (Å²) in [7, 11) is 0. The quantitative estimate of drug-likeness (QED) is 0.765. The van der Waals surface area contributed by atoms with Gasteiger partial charge in [-0.15, -0.1) is 0 Å². The standard InChI is InChI=1S/C12H15NO2/c14-12(15)13-8-6-11(7-9-13)10-4-2-1-3-5-10/h1-5,11H,6-9H2,(H,14,15). The lowest BCUT2D eigenvalue weighted by molar-refractivity contribution is 0.132. The Morgan fingerprint density at radius 2 is 1.80 bits per heavy atom. The van der Waals surface area contributed by atoms with Crippen LogP contribution < -0.4 is 0 Å². The summed E-state index contributed by atoms with van der Waals surface area (Å²) in [6, 6.07) is 10.3. The highest BCUT2D eigenvalue weighted by atomic mass is 16.4. The Kier molecular flexibility index (Phi) is 2.90. The number of rotatable bonds is 1. The molecule has 1 aromatic carbocycles. The molecule has 0 unspecified atom stereocenters. The summed E-state index contributed by atoms with van der Waals surface area (Å²) in [5, 5.41) is 8.82. The van der Waals surface area contributed by atoms with Gasteiger partial charge in [0, 0.05) is 13.1 Å². The van der Waals surface area contributed by atoms with E-state index in [1.165, 1.54) is 10.5 Å². The summed E-state index contributed by atoms with van der Waals surface area (Å²) in [5.41, 5.74) is 1.34. The molecule has 1 fully saturated rings. The Labute approximate surface area is 89.3 Å². The molecule has 0 spiro atoms. The number of nitrogens with zero attached hydrogens (tertiary/aromatic N) is 1. The molecule has 0 saturated carbocycles. The van der Waals surface area contributed by atoms with Crippen molar-refractivity contribution in [2.24, 2.45) is 0 Å². The van der Waals surface area contributed by atoms with Crippen LogP contribution in [-0.4, -0.2) is 29.2 Å². The minimum atomic E-state index is -0.790. The molecule has 1 aliphatic rings. The van der Waals surface area contributed by atoms with Crippen molar-refractivity contribution in [3.63, 3.8) is 0 Å². The second kappa shape index (κ2) is 4.34. The SMILES string of the molecule is O=C(O)N1CCC(c2ccccc2)CC1. The number of carbonyl (C=O) groups is 1. The molecule has 1 amide bonds. The summed E-state index contributed by atoms with van der Waals surface area (Å²) in [6.07, 6.45) is 1.09. The van der Waals surface area contributed by atoms with Crippen molar-refractivity contribution in [2.75, 3.05) is 13.1 Å². The first-order valence-corrected chi connectivity index (χ1v) is 5.30. The van der Waals surface area contributed by atoms with E-state index in [0.29, 0.717) is 19.0 Å². The molecule has 0 radical (unpaired) electrons. The molecule has 2 rings (SSSR count). The van der Waals surface area contributed by atoms with E-state index in [1.54, 1.807) is 0 Å². The van der Waals surface area contributed by atoms with E-state index < -0.39 is 6.09 Å². The summed E-state index contributed by atoms with van der Waals surface area (Å²) >= 11 is 0. The Morgan fingerprint density at radius 3 is 2.33 bits per heavy atom. The number of carboxylic acid groups (broad SMARTS) is 1. The second-order valence-electron chi connectivity index (χ2n) is 3.95. The first-order valence-electron chi connectivity index (χ1n) is 5.30. The third-order valence-electron chi connectivity index (χ3n) is 3.04. The Balaban J connectivity index is 1.97. The molecule has 1 saturated heterocycles. The van der Waals surface area contributed by atoms with Gasteiger partial charge in [-0.2, -0.15) is 0 Å². The Hall–Kier alpha value is -1.51. The molecule has 1 aromatic rings. The average molecular weight is 205 g/mol. The fourth-order valence-electron chi connectivity index (χ4n) is 2.13. The highest BCUT2D eigenvalue weighted by Crippen LogP contribution is 2.27. The highest BCUT2D eigenvalue weighted by Gasteiger charge is 2.22. The molecule has 3 nitrogen and oxygen atoms in total. The smallest absolute Gasteiger partial charge is 0.407 e. The topological polar surface area (TPSA) is 40.5 Å². The van der Waals surface area contributed by atoms with Crippen molar-refractivity contribution >= 4 is 6.09 Å². The summed E-state index contributed by atoms with van der Waals surface area (Å²) < 4.78 is 0. The van der Waals surface area contributed by atoms with E-state index in [2.05, 4.69) is 12.1 Å². The normalized spacial score (nSPS) is 17.7. The number of likely N-dealkylation sites (tertiary alicyclic amines) is 1. The monoisotopic (exact) mass is 205 g/mol. The summed E-state index contributed by atoms with van der Waals surface area (Å²) in [4.78, 5) is 12.2. The van der Waals surface area contributed by atoms with Crippen LogP contribution in [0.25, 0.3) is 0 Å². The number of hydrogen-bond donors (Lipinski definition) is 1. The first kappa shape index (κ1) is 10.0. The zero-order valence-electron chi connectivity index (χ0n) is 8.60. The van der Waals surface area contributed by atoms with Gasteiger partial charge in [-0.3, -0.25) is 0 Å². The van der Waals surface area contributed by atoms with Crippen LogP contribution in [0.3, 0.4) is 0 Å². The van der Waals surface area contributed by atoms with Crippen molar-refractivity contribution in [3.05, 3.63) is 35.9 Å². The van der Waals surface area contributed by atoms with E-state index in [4.69, 9.17) is 5.11 Å². The van der Waals surface area contributed by atoms with Crippen molar-refractivity contribution in [1.82, 2.24) is 4.90 Å². The van der Waals surface area contributed by atoms with Gasteiger partial charge in [0.15, 0.2) is 0 Å². The minimum absolute atomic E-state index is 0.529. The predicted octanol–water partition coefficient (Wildman–Crippen LogP) is 2.54. The van der Waals surface area contributed by atoms with Crippen molar-refractivity contribution in [1.29, 1.82) is 0 Å². The molecular weight excluding hydrogens is 190 g/mol. The molecule has 3 heteroatoms. The van der Waals surface area contributed by atoms with Crippen LogP contribution in [0.15, 0.2) is 30.3 Å². The molecule has 0 aromatic heterocycles. The van der Waals surface area contributed by atoms with Gasteiger partial charge < -0.3 is 10.0 Å². The van der Waals surface area contributed by atoms with Crippen LogP contribution in [0.4, 0.5) is 4.79 Å². The van der Waals surface area contributed by atoms with E-state index in [-0.39, 0.29) is 0 Å². The fourth-order valence-corrected chi connectivity index (χ4v) is 2.13. The predicted molar refractivity (Wildman–Crippen MR) is 58.0 cm³/mol. The van der Waals surface area contributed by atoms with Crippen LogP contribution in [0.1, 0.15) is 24.3 Å². The number of piperidine rings is 1. The second-order valence-corrected chi connectivity index (χ2v) is 3.95. The summed E-state index contributed by atoms with van der Waals surface area (Å²) in [6.45, 7) is 1.32. The molecular formula is C12H15NO2. The average Bonchev–Trinajstić information content (AvgIpc) is 2.30. The van der Waals surface area contributed by atoms with E-state index in [9.17, 15) is 4.79 Å². The van der Waals surface area contributed by atoms with Crippen molar-refractivity contribution < 1.29 is 9.90 Å². The molecule has 1 N–H and O–H groups in total. The fraction of sp³-hybridized carbons (Fsp3) is 0.417. The maximum absolute atomic E-state index is 10.7. The van der Waals surface area contributed by atoms with Crippen LogP contribution >= 0.6 is 0 Å². The molecule has 0 aliphatic carbocycles. The van der Waals surface area contributed by atoms with E-state index >= 15 is 0 Å². The van der Waals surface area contributed by atoms with Gasteiger partial charge in [-0.05, 0) is 24.3 Å². The van der Waals surface area contributed by atoms with Gasteiger partial charge in [-0.1, -0.05) is 30.3 Å². The maximum Gasteiger partial charge on any atom is 0.407 e. The van der Waals surface area contributed by atoms with Gasteiger partial charge in [0.05, 0.1) is 0 Å². The van der Waals surface area contributed by atoms with E-state index in [0.717, 1.165) is 12.8 Å². The van der Waals surface area contributed by atoms with Gasteiger partial charge in [-0.25, -0.2) is 4.79 Å². The molecule has 80 valence electrons. The van der Waals surface area contributed by atoms with E-state index in [1.807, 2.05) is 18.2 Å². The Morgan fingerprint density at radius 1 is 1.20 bits per heavy atom. The molecule has 1 heterocycles.